The van der Waals surface area contributed by atoms with Crippen molar-refractivity contribution in [1.82, 2.24) is 4.98 Å². The molecule has 5 heteroatoms. The summed E-state index contributed by atoms with van der Waals surface area (Å²) in [5.74, 6) is -0.344. The number of rotatable bonds is 5. The van der Waals surface area contributed by atoms with E-state index in [1.54, 1.807) is 6.20 Å². The maximum absolute atomic E-state index is 11.1. The molecule has 2 aromatic carbocycles. The van der Waals surface area contributed by atoms with E-state index in [1.165, 1.54) is 6.07 Å². The minimum Gasteiger partial charge on any atom is -0.489 e. The van der Waals surface area contributed by atoms with Crippen LogP contribution in [0.3, 0.4) is 0 Å². The molecule has 1 aromatic heterocycles. The maximum atomic E-state index is 11.1. The summed E-state index contributed by atoms with van der Waals surface area (Å²) in [6.45, 7) is 0.493. The Labute approximate surface area is 139 Å². The molecule has 24 heavy (non-hydrogen) atoms. The van der Waals surface area contributed by atoms with Gasteiger partial charge in [-0.2, -0.15) is 0 Å². The molecule has 0 fully saturated rings. The molecule has 120 valence electrons. The SMILES string of the molecule is Nc1ncc(-c2ccc(OCc3ccccc3)cc2)cc1C(=O)O. The molecule has 0 saturated carbocycles. The molecule has 0 unspecified atom stereocenters. The third-order valence-corrected chi connectivity index (χ3v) is 3.58. The van der Waals surface area contributed by atoms with Gasteiger partial charge >= 0.3 is 5.97 Å². The van der Waals surface area contributed by atoms with Crippen molar-refractivity contribution in [2.75, 3.05) is 5.73 Å². The fraction of sp³-hybridized carbons (Fsp3) is 0.0526. The fourth-order valence-electron chi connectivity index (χ4n) is 2.29. The maximum Gasteiger partial charge on any atom is 0.339 e. The monoisotopic (exact) mass is 320 g/mol. The molecular weight excluding hydrogens is 304 g/mol. The van der Waals surface area contributed by atoms with E-state index in [2.05, 4.69) is 4.98 Å². The first-order valence-corrected chi connectivity index (χ1v) is 7.39. The van der Waals surface area contributed by atoms with E-state index in [4.69, 9.17) is 15.6 Å². The van der Waals surface area contributed by atoms with Crippen molar-refractivity contribution in [2.24, 2.45) is 0 Å². The number of ether oxygens (including phenoxy) is 1. The van der Waals surface area contributed by atoms with Crippen molar-refractivity contribution in [3.8, 4) is 16.9 Å². The van der Waals surface area contributed by atoms with Crippen molar-refractivity contribution < 1.29 is 14.6 Å². The average Bonchev–Trinajstić information content (AvgIpc) is 2.61. The molecule has 0 radical (unpaired) electrons. The van der Waals surface area contributed by atoms with E-state index < -0.39 is 5.97 Å². The summed E-state index contributed by atoms with van der Waals surface area (Å²) in [5, 5.41) is 9.12. The molecule has 0 aliphatic rings. The second-order valence-electron chi connectivity index (χ2n) is 5.26. The number of hydrogen-bond acceptors (Lipinski definition) is 4. The van der Waals surface area contributed by atoms with Gasteiger partial charge in [0.2, 0.25) is 0 Å². The number of carboxylic acids is 1. The number of aromatic nitrogens is 1. The van der Waals surface area contributed by atoms with Gasteiger partial charge in [0.05, 0.1) is 0 Å². The molecule has 3 N–H and O–H groups in total. The Kier molecular flexibility index (Phi) is 4.43. The Bertz CT molecular complexity index is 846. The standard InChI is InChI=1S/C19H16N2O3/c20-18-17(19(22)23)10-15(11-21-18)14-6-8-16(9-7-14)24-12-13-4-2-1-3-5-13/h1-11H,12H2,(H2,20,21)(H,22,23). The van der Waals surface area contributed by atoms with Gasteiger partial charge < -0.3 is 15.6 Å². The van der Waals surface area contributed by atoms with Gasteiger partial charge in [0.25, 0.3) is 0 Å². The summed E-state index contributed by atoms with van der Waals surface area (Å²) >= 11 is 0. The van der Waals surface area contributed by atoms with Gasteiger partial charge in [-0.1, -0.05) is 42.5 Å². The number of nitrogens with two attached hydrogens (primary N) is 1. The lowest BCUT2D eigenvalue weighted by Crippen LogP contribution is -2.04. The normalized spacial score (nSPS) is 10.3. The van der Waals surface area contributed by atoms with Gasteiger partial charge in [-0.15, -0.1) is 0 Å². The quantitative estimate of drug-likeness (QED) is 0.750. The van der Waals surface area contributed by atoms with E-state index in [0.29, 0.717) is 12.2 Å². The van der Waals surface area contributed by atoms with Crippen molar-refractivity contribution in [3.05, 3.63) is 78.0 Å². The van der Waals surface area contributed by atoms with Crippen molar-refractivity contribution in [1.29, 1.82) is 0 Å². The molecule has 0 aliphatic heterocycles. The van der Waals surface area contributed by atoms with Crippen LogP contribution in [0, 0.1) is 0 Å². The zero-order chi connectivity index (χ0) is 16.9. The van der Waals surface area contributed by atoms with Gasteiger partial charge in [-0.25, -0.2) is 9.78 Å². The summed E-state index contributed by atoms with van der Waals surface area (Å²) in [5.41, 5.74) is 8.20. The number of carbonyl (C=O) groups is 1. The largest absolute Gasteiger partial charge is 0.489 e. The van der Waals surface area contributed by atoms with Crippen LogP contribution in [0.5, 0.6) is 5.75 Å². The molecule has 0 saturated heterocycles. The number of anilines is 1. The first-order chi connectivity index (χ1) is 11.6. The van der Waals surface area contributed by atoms with Gasteiger partial charge in [-0.3, -0.25) is 0 Å². The zero-order valence-electron chi connectivity index (χ0n) is 12.8. The molecule has 3 aromatic rings. The highest BCUT2D eigenvalue weighted by molar-refractivity contribution is 5.94. The van der Waals surface area contributed by atoms with Crippen LogP contribution >= 0.6 is 0 Å². The molecule has 0 spiro atoms. The molecule has 3 rings (SSSR count). The lowest BCUT2D eigenvalue weighted by Gasteiger charge is -2.08. The van der Waals surface area contributed by atoms with E-state index in [0.717, 1.165) is 16.9 Å². The summed E-state index contributed by atoms with van der Waals surface area (Å²) in [4.78, 5) is 15.1. The number of hydrogen-bond donors (Lipinski definition) is 2. The van der Waals surface area contributed by atoms with Gasteiger partial charge in [0, 0.05) is 11.8 Å². The highest BCUT2D eigenvalue weighted by Crippen LogP contribution is 2.24. The van der Waals surface area contributed by atoms with Crippen molar-refractivity contribution in [2.45, 2.75) is 6.61 Å². The van der Waals surface area contributed by atoms with Gasteiger partial charge in [0.1, 0.15) is 23.7 Å². The summed E-state index contributed by atoms with van der Waals surface area (Å²) in [6.07, 6.45) is 1.56. The van der Waals surface area contributed by atoms with Gasteiger partial charge in [0.15, 0.2) is 0 Å². The Morgan fingerprint density at radius 3 is 2.42 bits per heavy atom. The average molecular weight is 320 g/mol. The van der Waals surface area contributed by atoms with Gasteiger partial charge in [-0.05, 0) is 29.3 Å². The number of nitrogens with zero attached hydrogens (tertiary/aromatic N) is 1. The molecule has 0 bridgehead atoms. The topological polar surface area (TPSA) is 85.4 Å². The highest BCUT2D eigenvalue weighted by atomic mass is 16.5. The third kappa shape index (κ3) is 3.52. The molecule has 0 amide bonds. The number of carboxylic acid groups (broad SMARTS) is 1. The van der Waals surface area contributed by atoms with Crippen LogP contribution < -0.4 is 10.5 Å². The zero-order valence-corrected chi connectivity index (χ0v) is 12.8. The molecule has 0 atom stereocenters. The smallest absolute Gasteiger partial charge is 0.339 e. The van der Waals surface area contributed by atoms with Crippen molar-refractivity contribution >= 4 is 11.8 Å². The van der Waals surface area contributed by atoms with E-state index in [1.807, 2.05) is 54.6 Å². The first-order valence-electron chi connectivity index (χ1n) is 7.39. The third-order valence-electron chi connectivity index (χ3n) is 3.58. The minimum absolute atomic E-state index is 0.00287. The second-order valence-corrected chi connectivity index (χ2v) is 5.26. The number of pyridine rings is 1. The lowest BCUT2D eigenvalue weighted by atomic mass is 10.1. The number of benzene rings is 2. The number of nitrogen functional groups attached to an aromatic ring is 1. The van der Waals surface area contributed by atoms with Crippen LogP contribution in [0.2, 0.25) is 0 Å². The molecule has 0 aliphatic carbocycles. The van der Waals surface area contributed by atoms with E-state index >= 15 is 0 Å². The first kappa shape index (κ1) is 15.6. The van der Waals surface area contributed by atoms with E-state index in [-0.39, 0.29) is 11.4 Å². The lowest BCUT2D eigenvalue weighted by molar-refractivity contribution is 0.0697. The Morgan fingerprint density at radius 2 is 1.75 bits per heavy atom. The van der Waals surface area contributed by atoms with Crippen LogP contribution in [0.15, 0.2) is 66.9 Å². The predicted molar refractivity (Wildman–Crippen MR) is 91.8 cm³/mol. The number of aromatic carboxylic acids is 1. The fourth-order valence-corrected chi connectivity index (χ4v) is 2.29. The predicted octanol–water partition coefficient (Wildman–Crippen LogP) is 3.61. The molecule has 5 nitrogen and oxygen atoms in total. The molecular formula is C19H16N2O3. The second kappa shape index (κ2) is 6.83. The molecule has 1 heterocycles. The Balaban J connectivity index is 1.75. The Hall–Kier alpha value is -3.34. The summed E-state index contributed by atoms with van der Waals surface area (Å²) < 4.78 is 5.73. The summed E-state index contributed by atoms with van der Waals surface area (Å²) in [6, 6.07) is 18.8. The Morgan fingerprint density at radius 1 is 1.04 bits per heavy atom. The van der Waals surface area contributed by atoms with Crippen LogP contribution in [0.25, 0.3) is 11.1 Å². The van der Waals surface area contributed by atoms with Crippen molar-refractivity contribution in [3.63, 3.8) is 0 Å². The van der Waals surface area contributed by atoms with E-state index in [9.17, 15) is 4.79 Å². The van der Waals surface area contributed by atoms with Crippen LogP contribution in [-0.4, -0.2) is 16.1 Å². The minimum atomic E-state index is -1.09. The van der Waals surface area contributed by atoms with Crippen LogP contribution in [-0.2, 0) is 6.61 Å². The highest BCUT2D eigenvalue weighted by Gasteiger charge is 2.11. The van der Waals surface area contributed by atoms with Crippen LogP contribution in [0.4, 0.5) is 5.82 Å². The van der Waals surface area contributed by atoms with Crippen LogP contribution in [0.1, 0.15) is 15.9 Å². The summed E-state index contributed by atoms with van der Waals surface area (Å²) in [7, 11) is 0.